The number of anilines is 1. The number of carbonyl (C=O) groups is 2. The molecule has 0 aromatic heterocycles. The molecule has 0 spiro atoms. The quantitative estimate of drug-likeness (QED) is 0.678. The minimum absolute atomic E-state index is 0.145. The highest BCUT2D eigenvalue weighted by Gasteiger charge is 2.21. The summed E-state index contributed by atoms with van der Waals surface area (Å²) in [4.78, 5) is 24.8. The Kier molecular flexibility index (Phi) is 6.43. The molecule has 2 aromatic carbocycles. The Bertz CT molecular complexity index is 897. The fraction of sp³-hybridized carbons (Fsp3) is 0.333. The van der Waals surface area contributed by atoms with Crippen molar-refractivity contribution in [3.8, 4) is 23.0 Å². The maximum atomic E-state index is 12.4. The third-order valence-electron chi connectivity index (χ3n) is 4.15. The molecule has 0 aliphatic carbocycles. The number of hydrogen-bond donors (Lipinski definition) is 1. The fourth-order valence-electron chi connectivity index (χ4n) is 2.63. The molecule has 1 aliphatic heterocycles. The first kappa shape index (κ1) is 20.3. The van der Waals surface area contributed by atoms with Gasteiger partial charge in [-0.1, -0.05) is 6.92 Å². The first-order valence-corrected chi connectivity index (χ1v) is 9.24. The topological polar surface area (TPSA) is 92.3 Å². The van der Waals surface area contributed by atoms with Crippen molar-refractivity contribution in [1.29, 1.82) is 0 Å². The molecular weight excluding hydrogens is 378 g/mol. The molecule has 8 heteroatoms. The lowest BCUT2D eigenvalue weighted by atomic mass is 10.2. The van der Waals surface area contributed by atoms with Crippen LogP contribution in [0, 0.1) is 0 Å². The van der Waals surface area contributed by atoms with Crippen LogP contribution in [-0.4, -0.2) is 38.5 Å². The molecule has 1 aliphatic rings. The smallest absolute Gasteiger partial charge is 0.339 e. The molecule has 1 heterocycles. The molecule has 0 saturated heterocycles. The lowest BCUT2D eigenvalue weighted by molar-refractivity contribution is -0.123. The van der Waals surface area contributed by atoms with Gasteiger partial charge < -0.3 is 29.0 Å². The molecular formula is C21H23NO7. The van der Waals surface area contributed by atoms with E-state index in [2.05, 4.69) is 5.32 Å². The van der Waals surface area contributed by atoms with Gasteiger partial charge in [0.1, 0.15) is 0 Å². The standard InChI is InChI=1S/C21H23NO7/c1-4-9-26-16-7-5-14(10-18(16)25-3)21(24)29-13(2)20(23)22-15-6-8-17-19(11-15)28-12-27-17/h5-8,10-11,13H,4,9,12H2,1-3H3,(H,22,23)/t13-/m1/s1. The Balaban J connectivity index is 1.61. The molecule has 3 rings (SSSR count). The average molecular weight is 401 g/mol. The number of nitrogens with one attached hydrogen (secondary N) is 1. The number of benzene rings is 2. The van der Waals surface area contributed by atoms with Crippen LogP contribution in [0.4, 0.5) is 5.69 Å². The summed E-state index contributed by atoms with van der Waals surface area (Å²) in [5, 5.41) is 2.69. The van der Waals surface area contributed by atoms with E-state index in [9.17, 15) is 9.59 Å². The highest BCUT2D eigenvalue weighted by molar-refractivity contribution is 5.97. The maximum Gasteiger partial charge on any atom is 0.339 e. The normalized spacial score (nSPS) is 12.8. The van der Waals surface area contributed by atoms with Gasteiger partial charge in [0.05, 0.1) is 19.3 Å². The van der Waals surface area contributed by atoms with Crippen molar-refractivity contribution in [3.05, 3.63) is 42.0 Å². The van der Waals surface area contributed by atoms with Crippen LogP contribution >= 0.6 is 0 Å². The molecule has 2 aromatic rings. The molecule has 1 amide bonds. The number of rotatable bonds is 8. The molecule has 29 heavy (non-hydrogen) atoms. The third kappa shape index (κ3) is 4.90. The molecule has 1 atom stereocenters. The summed E-state index contributed by atoms with van der Waals surface area (Å²) in [6.45, 7) is 4.17. The van der Waals surface area contributed by atoms with Crippen LogP contribution in [0.3, 0.4) is 0 Å². The van der Waals surface area contributed by atoms with Gasteiger partial charge in [-0.25, -0.2) is 4.79 Å². The Morgan fingerprint density at radius 1 is 1.10 bits per heavy atom. The lowest BCUT2D eigenvalue weighted by Crippen LogP contribution is -2.30. The Labute approximate surface area is 168 Å². The summed E-state index contributed by atoms with van der Waals surface area (Å²) in [7, 11) is 1.49. The zero-order valence-corrected chi connectivity index (χ0v) is 16.5. The van der Waals surface area contributed by atoms with Gasteiger partial charge in [-0.3, -0.25) is 4.79 Å². The van der Waals surface area contributed by atoms with E-state index in [0.29, 0.717) is 35.3 Å². The van der Waals surface area contributed by atoms with Crippen LogP contribution in [-0.2, 0) is 9.53 Å². The van der Waals surface area contributed by atoms with Gasteiger partial charge in [0, 0.05) is 11.8 Å². The zero-order chi connectivity index (χ0) is 20.8. The molecule has 154 valence electrons. The van der Waals surface area contributed by atoms with Crippen molar-refractivity contribution < 1.29 is 33.3 Å². The van der Waals surface area contributed by atoms with Crippen molar-refractivity contribution in [2.75, 3.05) is 25.8 Å². The minimum atomic E-state index is -1.00. The number of carbonyl (C=O) groups excluding carboxylic acids is 2. The maximum absolute atomic E-state index is 12.4. The zero-order valence-electron chi connectivity index (χ0n) is 16.5. The summed E-state index contributed by atoms with van der Waals surface area (Å²) in [6, 6.07) is 9.76. The number of amides is 1. The molecule has 0 bridgehead atoms. The van der Waals surface area contributed by atoms with E-state index in [1.165, 1.54) is 20.1 Å². The largest absolute Gasteiger partial charge is 0.493 e. The number of esters is 1. The summed E-state index contributed by atoms with van der Waals surface area (Å²) in [6.07, 6.45) is -0.155. The number of hydrogen-bond acceptors (Lipinski definition) is 7. The predicted octanol–water partition coefficient (Wildman–Crippen LogP) is 3.40. The van der Waals surface area contributed by atoms with E-state index in [1.807, 2.05) is 6.92 Å². The van der Waals surface area contributed by atoms with Gasteiger partial charge in [-0.2, -0.15) is 0 Å². The summed E-state index contributed by atoms with van der Waals surface area (Å²) < 4.78 is 26.6. The van der Waals surface area contributed by atoms with Gasteiger partial charge in [0.2, 0.25) is 6.79 Å². The minimum Gasteiger partial charge on any atom is -0.493 e. The SMILES string of the molecule is CCCOc1ccc(C(=O)O[C@H](C)C(=O)Nc2ccc3c(c2)OCO3)cc1OC. The number of fused-ring (bicyclic) bond motifs is 1. The highest BCUT2D eigenvalue weighted by Crippen LogP contribution is 2.34. The Hall–Kier alpha value is -3.42. The van der Waals surface area contributed by atoms with Crippen LogP contribution in [0.2, 0.25) is 0 Å². The molecule has 1 N–H and O–H groups in total. The van der Waals surface area contributed by atoms with Crippen LogP contribution < -0.4 is 24.3 Å². The van der Waals surface area contributed by atoms with Crippen LogP contribution in [0.5, 0.6) is 23.0 Å². The molecule has 0 saturated carbocycles. The molecule has 8 nitrogen and oxygen atoms in total. The van der Waals surface area contributed by atoms with Crippen molar-refractivity contribution >= 4 is 17.6 Å². The molecule has 0 radical (unpaired) electrons. The van der Waals surface area contributed by atoms with E-state index in [-0.39, 0.29) is 12.4 Å². The first-order chi connectivity index (χ1) is 14.0. The summed E-state index contributed by atoms with van der Waals surface area (Å²) >= 11 is 0. The van der Waals surface area contributed by atoms with Gasteiger partial charge in [-0.05, 0) is 43.7 Å². The van der Waals surface area contributed by atoms with Crippen molar-refractivity contribution in [2.45, 2.75) is 26.4 Å². The van der Waals surface area contributed by atoms with E-state index in [0.717, 1.165) is 6.42 Å². The predicted molar refractivity (Wildman–Crippen MR) is 105 cm³/mol. The van der Waals surface area contributed by atoms with Gasteiger partial charge in [0.15, 0.2) is 29.1 Å². The average Bonchev–Trinajstić information content (AvgIpc) is 3.19. The lowest BCUT2D eigenvalue weighted by Gasteiger charge is -2.15. The van der Waals surface area contributed by atoms with E-state index in [4.69, 9.17) is 23.7 Å². The fourth-order valence-corrected chi connectivity index (χ4v) is 2.63. The third-order valence-corrected chi connectivity index (χ3v) is 4.15. The van der Waals surface area contributed by atoms with Crippen molar-refractivity contribution in [3.63, 3.8) is 0 Å². The van der Waals surface area contributed by atoms with Crippen molar-refractivity contribution in [1.82, 2.24) is 0 Å². The number of methoxy groups -OCH3 is 1. The summed E-state index contributed by atoms with van der Waals surface area (Å²) in [5.74, 6) is 1.02. The van der Waals surface area contributed by atoms with Gasteiger partial charge in [0.25, 0.3) is 5.91 Å². The monoisotopic (exact) mass is 401 g/mol. The van der Waals surface area contributed by atoms with Crippen LogP contribution in [0.1, 0.15) is 30.6 Å². The second-order valence-corrected chi connectivity index (χ2v) is 6.32. The number of ether oxygens (including phenoxy) is 5. The highest BCUT2D eigenvalue weighted by atomic mass is 16.7. The van der Waals surface area contributed by atoms with E-state index in [1.54, 1.807) is 30.3 Å². The molecule has 0 unspecified atom stereocenters. The second kappa shape index (κ2) is 9.18. The van der Waals surface area contributed by atoms with Gasteiger partial charge in [-0.15, -0.1) is 0 Å². The molecule has 0 fully saturated rings. The summed E-state index contributed by atoms with van der Waals surface area (Å²) in [5.41, 5.74) is 0.773. The second-order valence-electron chi connectivity index (χ2n) is 6.32. The first-order valence-electron chi connectivity index (χ1n) is 9.24. The van der Waals surface area contributed by atoms with Crippen LogP contribution in [0.25, 0.3) is 0 Å². The van der Waals surface area contributed by atoms with E-state index >= 15 is 0 Å². The Morgan fingerprint density at radius 3 is 2.66 bits per heavy atom. The Morgan fingerprint density at radius 2 is 1.90 bits per heavy atom. The van der Waals surface area contributed by atoms with Crippen molar-refractivity contribution in [2.24, 2.45) is 0 Å². The van der Waals surface area contributed by atoms with Crippen LogP contribution in [0.15, 0.2) is 36.4 Å². The van der Waals surface area contributed by atoms with Gasteiger partial charge >= 0.3 is 5.97 Å². The van der Waals surface area contributed by atoms with E-state index < -0.39 is 18.0 Å².